The van der Waals surface area contributed by atoms with Crippen LogP contribution in [-0.4, -0.2) is 47.0 Å². The van der Waals surface area contributed by atoms with E-state index in [2.05, 4.69) is 20.3 Å². The highest BCUT2D eigenvalue weighted by Gasteiger charge is 2.27. The van der Waals surface area contributed by atoms with Crippen molar-refractivity contribution in [2.75, 3.05) is 30.0 Å². The second-order valence-corrected chi connectivity index (χ2v) is 4.68. The Morgan fingerprint density at radius 1 is 1.53 bits per heavy atom. The van der Waals surface area contributed by atoms with E-state index in [9.17, 15) is 5.11 Å². The number of morpholine rings is 1. The quantitative estimate of drug-likeness (QED) is 0.518. The zero-order chi connectivity index (χ0) is 13.8. The van der Waals surface area contributed by atoms with Gasteiger partial charge < -0.3 is 20.2 Å². The smallest absolute Gasteiger partial charge is 0.148 e. The Labute approximate surface area is 112 Å². The third-order valence-electron chi connectivity index (χ3n) is 3.24. The topological polar surface area (TPSA) is 96.5 Å². The summed E-state index contributed by atoms with van der Waals surface area (Å²) in [5.74, 6) is 6.99. The van der Waals surface area contributed by atoms with Gasteiger partial charge >= 0.3 is 0 Å². The molecule has 0 saturated carbocycles. The van der Waals surface area contributed by atoms with Gasteiger partial charge in [0, 0.05) is 18.7 Å². The van der Waals surface area contributed by atoms with Crippen molar-refractivity contribution < 1.29 is 9.84 Å². The van der Waals surface area contributed by atoms with Crippen molar-refractivity contribution in [1.29, 1.82) is 0 Å². The molecular formula is C12H21N5O2. The molecule has 0 bridgehead atoms. The first-order valence-corrected chi connectivity index (χ1v) is 6.51. The molecule has 2 unspecified atom stereocenters. The van der Waals surface area contributed by atoms with Crippen LogP contribution >= 0.6 is 0 Å². The average Bonchev–Trinajstić information content (AvgIpc) is 2.45. The van der Waals surface area contributed by atoms with Crippen LogP contribution in [0.3, 0.4) is 0 Å². The summed E-state index contributed by atoms with van der Waals surface area (Å²) < 4.78 is 5.64. The summed E-state index contributed by atoms with van der Waals surface area (Å²) in [5.41, 5.74) is 3.59. The molecule has 2 atom stereocenters. The van der Waals surface area contributed by atoms with Gasteiger partial charge in [-0.05, 0) is 13.3 Å². The molecule has 0 radical (unpaired) electrons. The molecule has 19 heavy (non-hydrogen) atoms. The molecule has 1 aromatic rings. The first-order chi connectivity index (χ1) is 9.19. The molecule has 7 heteroatoms. The van der Waals surface area contributed by atoms with Crippen LogP contribution in [0.5, 0.6) is 0 Å². The normalized spacial score (nSPS) is 23.5. The fraction of sp³-hybridized carbons (Fsp3) is 0.667. The first-order valence-electron chi connectivity index (χ1n) is 6.51. The van der Waals surface area contributed by atoms with Gasteiger partial charge in [0.05, 0.1) is 18.8 Å². The van der Waals surface area contributed by atoms with E-state index in [-0.39, 0.29) is 18.8 Å². The number of rotatable bonds is 4. The van der Waals surface area contributed by atoms with Gasteiger partial charge in [0.15, 0.2) is 0 Å². The molecule has 2 rings (SSSR count). The molecule has 7 nitrogen and oxygen atoms in total. The van der Waals surface area contributed by atoms with Crippen molar-refractivity contribution in [1.82, 2.24) is 9.97 Å². The standard InChI is InChI=1S/C12H21N5O2/c1-3-10-11(16-13)14-7-15-12(10)17-4-8(2)19-9(5-17)6-18/h7-9,18H,3-6,13H2,1-2H3,(H,14,15,16). The summed E-state index contributed by atoms with van der Waals surface area (Å²) in [5, 5.41) is 9.28. The zero-order valence-corrected chi connectivity index (χ0v) is 11.3. The minimum absolute atomic E-state index is 0.00930. The van der Waals surface area contributed by atoms with Crippen LogP contribution in [0, 0.1) is 0 Å². The van der Waals surface area contributed by atoms with E-state index in [1.807, 2.05) is 13.8 Å². The van der Waals surface area contributed by atoms with E-state index in [1.165, 1.54) is 6.33 Å². The molecule has 106 valence electrons. The number of nitrogen functional groups attached to an aromatic ring is 1. The van der Waals surface area contributed by atoms with Gasteiger partial charge in [0.1, 0.15) is 18.0 Å². The van der Waals surface area contributed by atoms with Crippen molar-refractivity contribution in [2.45, 2.75) is 32.5 Å². The zero-order valence-electron chi connectivity index (χ0n) is 11.3. The van der Waals surface area contributed by atoms with Gasteiger partial charge in [-0.2, -0.15) is 0 Å². The number of aliphatic hydroxyl groups excluding tert-OH is 1. The number of hydrazine groups is 1. The number of aromatic nitrogens is 2. The molecule has 1 aliphatic heterocycles. The Hall–Kier alpha value is -1.44. The summed E-state index contributed by atoms with van der Waals surface area (Å²) >= 11 is 0. The van der Waals surface area contributed by atoms with Crippen LogP contribution in [0.2, 0.25) is 0 Å². The number of nitrogens with one attached hydrogen (secondary N) is 1. The van der Waals surface area contributed by atoms with Crippen molar-refractivity contribution in [3.05, 3.63) is 11.9 Å². The summed E-state index contributed by atoms with van der Waals surface area (Å²) in [6, 6.07) is 0. The van der Waals surface area contributed by atoms with Crippen LogP contribution in [0.4, 0.5) is 11.6 Å². The minimum Gasteiger partial charge on any atom is -0.394 e. The molecule has 4 N–H and O–H groups in total. The minimum atomic E-state index is -0.183. The first kappa shape index (κ1) is 14.0. The van der Waals surface area contributed by atoms with Crippen LogP contribution in [0.1, 0.15) is 19.4 Å². The Bertz CT molecular complexity index is 429. The fourth-order valence-electron chi connectivity index (χ4n) is 2.44. The Morgan fingerprint density at radius 3 is 2.95 bits per heavy atom. The number of hydrogen-bond donors (Lipinski definition) is 3. The molecule has 1 aromatic heterocycles. The summed E-state index contributed by atoms with van der Waals surface area (Å²) in [6.07, 6.45) is 2.15. The third-order valence-corrected chi connectivity index (χ3v) is 3.24. The van der Waals surface area contributed by atoms with Gasteiger partial charge in [-0.15, -0.1) is 0 Å². The van der Waals surface area contributed by atoms with Crippen molar-refractivity contribution >= 4 is 11.6 Å². The van der Waals surface area contributed by atoms with Crippen LogP contribution in [0.15, 0.2) is 6.33 Å². The Kier molecular flexibility index (Phi) is 4.52. The maximum Gasteiger partial charge on any atom is 0.148 e. The maximum absolute atomic E-state index is 9.28. The van der Waals surface area contributed by atoms with Crippen molar-refractivity contribution in [3.63, 3.8) is 0 Å². The van der Waals surface area contributed by atoms with Gasteiger partial charge in [0.25, 0.3) is 0 Å². The van der Waals surface area contributed by atoms with Gasteiger partial charge in [-0.25, -0.2) is 15.8 Å². The number of anilines is 2. The molecule has 1 fully saturated rings. The average molecular weight is 267 g/mol. The lowest BCUT2D eigenvalue weighted by Gasteiger charge is -2.37. The largest absolute Gasteiger partial charge is 0.394 e. The van der Waals surface area contributed by atoms with E-state index < -0.39 is 0 Å². The predicted octanol–water partition coefficient (Wildman–Crippen LogP) is -0.0894. The van der Waals surface area contributed by atoms with Gasteiger partial charge in [-0.3, -0.25) is 0 Å². The lowest BCUT2D eigenvalue weighted by Crippen LogP contribution is -2.48. The van der Waals surface area contributed by atoms with E-state index in [4.69, 9.17) is 10.6 Å². The molecule has 0 aromatic carbocycles. The van der Waals surface area contributed by atoms with Crippen LogP contribution < -0.4 is 16.2 Å². The highest BCUT2D eigenvalue weighted by atomic mass is 16.5. The summed E-state index contributed by atoms with van der Waals surface area (Å²) in [6.45, 7) is 5.40. The lowest BCUT2D eigenvalue weighted by atomic mass is 10.1. The number of ether oxygens (including phenoxy) is 1. The summed E-state index contributed by atoms with van der Waals surface area (Å²) in [7, 11) is 0. The second kappa shape index (κ2) is 6.14. The molecule has 0 aliphatic carbocycles. The number of hydrogen-bond acceptors (Lipinski definition) is 7. The number of nitrogens with two attached hydrogens (primary N) is 1. The van der Waals surface area contributed by atoms with Crippen LogP contribution in [0.25, 0.3) is 0 Å². The molecular weight excluding hydrogens is 246 g/mol. The highest BCUT2D eigenvalue weighted by molar-refractivity contribution is 5.58. The SMILES string of the molecule is CCc1c(NN)ncnc1N1CC(C)OC(CO)C1. The molecule has 0 amide bonds. The molecule has 1 saturated heterocycles. The third kappa shape index (κ3) is 2.94. The van der Waals surface area contributed by atoms with Crippen LogP contribution in [-0.2, 0) is 11.2 Å². The molecule has 0 spiro atoms. The predicted molar refractivity (Wildman–Crippen MR) is 72.9 cm³/mol. The molecule has 2 heterocycles. The monoisotopic (exact) mass is 267 g/mol. The Balaban J connectivity index is 2.30. The van der Waals surface area contributed by atoms with E-state index in [1.54, 1.807) is 0 Å². The Morgan fingerprint density at radius 2 is 2.32 bits per heavy atom. The van der Waals surface area contributed by atoms with E-state index in [0.29, 0.717) is 12.4 Å². The summed E-state index contributed by atoms with van der Waals surface area (Å²) in [4.78, 5) is 10.6. The maximum atomic E-state index is 9.28. The number of aliphatic hydroxyl groups is 1. The number of nitrogens with zero attached hydrogens (tertiary/aromatic N) is 3. The van der Waals surface area contributed by atoms with Gasteiger partial charge in [0.2, 0.25) is 0 Å². The van der Waals surface area contributed by atoms with Gasteiger partial charge in [-0.1, -0.05) is 6.92 Å². The fourth-order valence-corrected chi connectivity index (χ4v) is 2.44. The van der Waals surface area contributed by atoms with Crippen molar-refractivity contribution in [2.24, 2.45) is 5.84 Å². The van der Waals surface area contributed by atoms with E-state index in [0.717, 1.165) is 24.3 Å². The second-order valence-electron chi connectivity index (χ2n) is 4.68. The van der Waals surface area contributed by atoms with Crippen molar-refractivity contribution in [3.8, 4) is 0 Å². The molecule has 1 aliphatic rings. The van der Waals surface area contributed by atoms with E-state index >= 15 is 0 Å². The lowest BCUT2D eigenvalue weighted by molar-refractivity contribution is -0.0423. The highest BCUT2D eigenvalue weighted by Crippen LogP contribution is 2.26.